The van der Waals surface area contributed by atoms with Crippen molar-refractivity contribution in [1.29, 1.82) is 0 Å². The predicted molar refractivity (Wildman–Crippen MR) is 105 cm³/mol. The van der Waals surface area contributed by atoms with Gasteiger partial charge in [0.15, 0.2) is 0 Å². The van der Waals surface area contributed by atoms with Crippen molar-refractivity contribution in [3.05, 3.63) is 47.0 Å². The van der Waals surface area contributed by atoms with Crippen molar-refractivity contribution >= 4 is 50.8 Å². The van der Waals surface area contributed by atoms with Gasteiger partial charge in [-0.1, -0.05) is 6.07 Å². The maximum atomic E-state index is 11.6. The van der Waals surface area contributed by atoms with Crippen LogP contribution < -0.4 is 16.4 Å². The number of nitrogens with one attached hydrogen (secondary N) is 2. The fraction of sp³-hybridized carbons (Fsp3) is 0.105. The van der Waals surface area contributed by atoms with E-state index in [0.29, 0.717) is 12.2 Å². The van der Waals surface area contributed by atoms with Crippen LogP contribution >= 0.6 is 11.3 Å². The van der Waals surface area contributed by atoms with Gasteiger partial charge in [-0.25, -0.2) is 4.98 Å². The molecule has 1 aliphatic heterocycles. The number of nitrogens with zero attached hydrogens (tertiary/aromatic N) is 1. The second-order valence-corrected chi connectivity index (χ2v) is 6.88. The Kier molecular flexibility index (Phi) is 3.93. The SMILES string of the molecule is CNC(=O)C=Cc1cnc(N)c2c(-c3ccc4c(c3)CC(=O)N4)csc12. The second-order valence-electron chi connectivity index (χ2n) is 6.00. The largest absolute Gasteiger partial charge is 0.383 e. The summed E-state index contributed by atoms with van der Waals surface area (Å²) in [5.74, 6) is 0.278. The Balaban J connectivity index is 1.83. The highest BCUT2D eigenvalue weighted by molar-refractivity contribution is 7.18. The summed E-state index contributed by atoms with van der Waals surface area (Å²) < 4.78 is 0.974. The number of pyridine rings is 1. The molecule has 2 amide bonds. The van der Waals surface area contributed by atoms with E-state index in [1.165, 1.54) is 6.08 Å². The summed E-state index contributed by atoms with van der Waals surface area (Å²) in [7, 11) is 1.58. The van der Waals surface area contributed by atoms with Crippen LogP contribution in [0.5, 0.6) is 0 Å². The minimum atomic E-state index is -0.178. The summed E-state index contributed by atoms with van der Waals surface area (Å²) in [5.41, 5.74) is 10.8. The fourth-order valence-electron chi connectivity index (χ4n) is 3.06. The summed E-state index contributed by atoms with van der Waals surface area (Å²) >= 11 is 1.56. The zero-order valence-corrected chi connectivity index (χ0v) is 14.8. The minimum absolute atomic E-state index is 0.00938. The van der Waals surface area contributed by atoms with E-state index in [1.54, 1.807) is 30.7 Å². The molecule has 0 unspecified atom stereocenters. The van der Waals surface area contributed by atoms with Gasteiger partial charge in [-0.2, -0.15) is 0 Å². The molecule has 1 aromatic carbocycles. The standard InChI is InChI=1S/C19H16N4O2S/c1-21-15(24)5-3-11-8-22-19(20)17-13(9-26-18(11)17)10-2-4-14-12(6-10)7-16(25)23-14/h2-6,8-9H,7H2,1H3,(H2,20,22)(H,21,24)(H,23,25). The van der Waals surface area contributed by atoms with Crippen molar-refractivity contribution in [1.82, 2.24) is 10.3 Å². The molecule has 4 rings (SSSR count). The normalized spacial score (nSPS) is 13.2. The molecule has 0 bridgehead atoms. The number of hydrogen-bond donors (Lipinski definition) is 3. The zero-order valence-electron chi connectivity index (χ0n) is 14.0. The highest BCUT2D eigenvalue weighted by atomic mass is 32.1. The molecule has 0 aliphatic carbocycles. The van der Waals surface area contributed by atoms with E-state index in [2.05, 4.69) is 15.6 Å². The van der Waals surface area contributed by atoms with Crippen LogP contribution in [-0.4, -0.2) is 23.8 Å². The van der Waals surface area contributed by atoms with Gasteiger partial charge in [0.05, 0.1) is 6.42 Å². The maximum Gasteiger partial charge on any atom is 0.243 e. The van der Waals surface area contributed by atoms with E-state index >= 15 is 0 Å². The van der Waals surface area contributed by atoms with E-state index < -0.39 is 0 Å². The molecular formula is C19H16N4O2S. The topological polar surface area (TPSA) is 97.1 Å². The first-order chi connectivity index (χ1) is 12.6. The zero-order chi connectivity index (χ0) is 18.3. The van der Waals surface area contributed by atoms with Gasteiger partial charge in [0.2, 0.25) is 11.8 Å². The van der Waals surface area contributed by atoms with Crippen LogP contribution in [0.2, 0.25) is 0 Å². The van der Waals surface area contributed by atoms with Gasteiger partial charge in [0.25, 0.3) is 0 Å². The average molecular weight is 364 g/mol. The number of benzene rings is 1. The Labute approximate surface area is 153 Å². The van der Waals surface area contributed by atoms with E-state index in [0.717, 1.165) is 38.0 Å². The summed E-state index contributed by atoms with van der Waals surface area (Å²) in [6, 6.07) is 5.90. The number of rotatable bonds is 3. The van der Waals surface area contributed by atoms with Crippen molar-refractivity contribution in [3.63, 3.8) is 0 Å². The molecule has 0 saturated heterocycles. The van der Waals surface area contributed by atoms with Crippen LogP contribution in [0.15, 0.2) is 35.9 Å². The molecule has 1 aliphatic rings. The van der Waals surface area contributed by atoms with E-state index in [4.69, 9.17) is 5.73 Å². The lowest BCUT2D eigenvalue weighted by atomic mass is 10.0. The van der Waals surface area contributed by atoms with Crippen LogP contribution in [0.4, 0.5) is 11.5 Å². The fourth-order valence-corrected chi connectivity index (χ4v) is 4.14. The van der Waals surface area contributed by atoms with Gasteiger partial charge >= 0.3 is 0 Å². The summed E-state index contributed by atoms with van der Waals surface area (Å²) in [6.45, 7) is 0. The van der Waals surface area contributed by atoms with Gasteiger partial charge in [0, 0.05) is 46.2 Å². The monoisotopic (exact) mass is 364 g/mol. The molecule has 26 heavy (non-hydrogen) atoms. The van der Waals surface area contributed by atoms with Gasteiger partial charge < -0.3 is 16.4 Å². The molecule has 7 heteroatoms. The molecule has 0 radical (unpaired) electrons. The van der Waals surface area contributed by atoms with Crippen molar-refractivity contribution in [2.75, 3.05) is 18.1 Å². The van der Waals surface area contributed by atoms with E-state index in [1.807, 2.05) is 23.6 Å². The molecule has 0 atom stereocenters. The average Bonchev–Trinajstić information content (AvgIpc) is 3.23. The van der Waals surface area contributed by atoms with Crippen LogP contribution in [0.1, 0.15) is 11.1 Å². The summed E-state index contributed by atoms with van der Waals surface area (Å²) in [6.07, 6.45) is 5.26. The third-order valence-corrected chi connectivity index (χ3v) is 5.38. The molecule has 0 spiro atoms. The van der Waals surface area contributed by atoms with Crippen LogP contribution in [0, 0.1) is 0 Å². The molecule has 6 nitrogen and oxygen atoms in total. The molecule has 0 fully saturated rings. The second kappa shape index (κ2) is 6.27. The molecule has 4 N–H and O–H groups in total. The Morgan fingerprint density at radius 3 is 3.08 bits per heavy atom. The Bertz CT molecular complexity index is 1080. The molecule has 130 valence electrons. The quantitative estimate of drug-likeness (QED) is 0.623. The third kappa shape index (κ3) is 2.72. The highest BCUT2D eigenvalue weighted by Crippen LogP contribution is 2.40. The summed E-state index contributed by atoms with van der Waals surface area (Å²) in [4.78, 5) is 27.3. The lowest BCUT2D eigenvalue weighted by Gasteiger charge is -2.06. The van der Waals surface area contributed by atoms with Crippen molar-refractivity contribution in [3.8, 4) is 11.1 Å². The smallest absolute Gasteiger partial charge is 0.243 e. The Morgan fingerprint density at radius 2 is 2.27 bits per heavy atom. The number of likely N-dealkylation sites (N-methyl/N-ethyl adjacent to an activating group) is 1. The highest BCUT2D eigenvalue weighted by Gasteiger charge is 2.19. The molecular weight excluding hydrogens is 348 g/mol. The summed E-state index contributed by atoms with van der Waals surface area (Å²) in [5, 5.41) is 8.29. The lowest BCUT2D eigenvalue weighted by Crippen LogP contribution is -2.13. The van der Waals surface area contributed by atoms with Crippen molar-refractivity contribution in [2.24, 2.45) is 0 Å². The number of nitrogens with two attached hydrogens (primary N) is 1. The van der Waals surface area contributed by atoms with Crippen molar-refractivity contribution in [2.45, 2.75) is 6.42 Å². The Morgan fingerprint density at radius 1 is 1.42 bits per heavy atom. The van der Waals surface area contributed by atoms with Gasteiger partial charge in [0.1, 0.15) is 5.82 Å². The molecule has 3 heterocycles. The number of nitrogen functional groups attached to an aromatic ring is 1. The number of carbonyl (C=O) groups excluding carboxylic acids is 2. The van der Waals surface area contributed by atoms with Crippen LogP contribution in [0.3, 0.4) is 0 Å². The predicted octanol–water partition coefficient (Wildman–Crippen LogP) is 2.80. The Hall–Kier alpha value is -3.19. The minimum Gasteiger partial charge on any atom is -0.383 e. The van der Waals surface area contributed by atoms with Gasteiger partial charge in [-0.05, 0) is 34.7 Å². The number of anilines is 2. The number of amides is 2. The first-order valence-electron chi connectivity index (χ1n) is 8.05. The van der Waals surface area contributed by atoms with Gasteiger partial charge in [-0.3, -0.25) is 9.59 Å². The van der Waals surface area contributed by atoms with Crippen LogP contribution in [0.25, 0.3) is 27.3 Å². The van der Waals surface area contributed by atoms with E-state index in [9.17, 15) is 9.59 Å². The molecule has 2 aromatic heterocycles. The number of carbonyl (C=O) groups is 2. The molecule has 3 aromatic rings. The van der Waals surface area contributed by atoms with Crippen LogP contribution in [-0.2, 0) is 16.0 Å². The lowest BCUT2D eigenvalue weighted by molar-refractivity contribution is -0.116. The molecule has 0 saturated carbocycles. The van der Waals surface area contributed by atoms with Crippen molar-refractivity contribution < 1.29 is 9.59 Å². The first kappa shape index (κ1) is 16.3. The maximum absolute atomic E-state index is 11.6. The first-order valence-corrected chi connectivity index (χ1v) is 8.93. The third-order valence-electron chi connectivity index (χ3n) is 4.35. The number of hydrogen-bond acceptors (Lipinski definition) is 5. The number of fused-ring (bicyclic) bond motifs is 2. The number of aromatic nitrogens is 1. The van der Waals surface area contributed by atoms with E-state index in [-0.39, 0.29) is 11.8 Å². The van der Waals surface area contributed by atoms with Gasteiger partial charge in [-0.15, -0.1) is 11.3 Å². The number of thiophene rings is 1.